The van der Waals surface area contributed by atoms with Crippen molar-refractivity contribution in [1.29, 1.82) is 0 Å². The summed E-state index contributed by atoms with van der Waals surface area (Å²) in [6.45, 7) is 4.70. The Morgan fingerprint density at radius 3 is 2.50 bits per heavy atom. The smallest absolute Gasteiger partial charge is 0.158 e. The van der Waals surface area contributed by atoms with E-state index in [1.54, 1.807) is 0 Å². The molecule has 172 valence electrons. The van der Waals surface area contributed by atoms with Crippen LogP contribution < -0.4 is 0 Å². The van der Waals surface area contributed by atoms with Gasteiger partial charge >= 0.3 is 0 Å². The molecule has 0 radical (unpaired) electrons. The van der Waals surface area contributed by atoms with Gasteiger partial charge in [-0.05, 0) is 84.0 Å². The molecule has 3 nitrogen and oxygen atoms in total. The first kappa shape index (κ1) is 24.0. The van der Waals surface area contributed by atoms with Crippen molar-refractivity contribution in [1.82, 2.24) is 4.98 Å². The lowest BCUT2D eigenvalue weighted by Crippen LogP contribution is -2.17. The van der Waals surface area contributed by atoms with Gasteiger partial charge in [-0.2, -0.15) is 0 Å². The molecule has 0 saturated heterocycles. The number of hydrogen-bond acceptors (Lipinski definition) is 3. The van der Waals surface area contributed by atoms with Crippen molar-refractivity contribution in [2.45, 2.75) is 39.4 Å². The number of halogens is 1. The molecule has 34 heavy (non-hydrogen) atoms. The predicted octanol–water partition coefficient (Wildman–Crippen LogP) is 6.94. The van der Waals surface area contributed by atoms with E-state index in [1.165, 1.54) is 0 Å². The molecule has 1 heterocycles. The van der Waals surface area contributed by atoms with Gasteiger partial charge in [0, 0.05) is 29.0 Å². The highest BCUT2D eigenvalue weighted by molar-refractivity contribution is 6.30. The molecule has 0 aliphatic heterocycles. The Kier molecular flexibility index (Phi) is 7.98. The first-order valence-electron chi connectivity index (χ1n) is 11.6. The van der Waals surface area contributed by atoms with E-state index in [2.05, 4.69) is 37.8 Å². The van der Waals surface area contributed by atoms with Gasteiger partial charge in [0.25, 0.3) is 0 Å². The van der Waals surface area contributed by atoms with Crippen molar-refractivity contribution in [3.05, 3.63) is 100 Å². The van der Waals surface area contributed by atoms with Crippen LogP contribution in [0.5, 0.6) is 0 Å². The van der Waals surface area contributed by atoms with Gasteiger partial charge in [-0.15, -0.1) is 0 Å². The zero-order valence-corrected chi connectivity index (χ0v) is 20.3. The highest BCUT2D eigenvalue weighted by Gasteiger charge is 2.18. The maximum Gasteiger partial charge on any atom is 0.158 e. The van der Waals surface area contributed by atoms with Gasteiger partial charge in [-0.3, -0.25) is 0 Å². The van der Waals surface area contributed by atoms with Crippen LogP contribution in [0.15, 0.2) is 72.8 Å². The van der Waals surface area contributed by atoms with Crippen molar-refractivity contribution >= 4 is 22.5 Å². The summed E-state index contributed by atoms with van der Waals surface area (Å²) in [6, 6.07) is 23.8. The van der Waals surface area contributed by atoms with E-state index in [1.807, 2.05) is 60.7 Å². The number of pyridine rings is 1. The van der Waals surface area contributed by atoms with Crippen LogP contribution in [-0.2, 0) is 11.2 Å². The molecule has 4 rings (SSSR count). The SMILES string of the molecule is CCCCOC(O)Cc1c(C)cc2nc(C#Cc3ccccc3)ccc2c1-c1ccc(Cl)cc1. The Morgan fingerprint density at radius 1 is 1.00 bits per heavy atom. The Bertz CT molecular complexity index is 1320. The molecule has 1 atom stereocenters. The Hall–Kier alpha value is -3.16. The molecular formula is C30H28ClNO2. The molecule has 0 aliphatic carbocycles. The Labute approximate surface area is 206 Å². The van der Waals surface area contributed by atoms with Crippen LogP contribution in [0.25, 0.3) is 22.0 Å². The second kappa shape index (κ2) is 11.3. The third-order valence-corrected chi connectivity index (χ3v) is 6.01. The van der Waals surface area contributed by atoms with Crippen LogP contribution in [0.1, 0.15) is 42.1 Å². The predicted molar refractivity (Wildman–Crippen MR) is 140 cm³/mol. The van der Waals surface area contributed by atoms with Gasteiger partial charge < -0.3 is 9.84 Å². The van der Waals surface area contributed by atoms with Gasteiger partial charge in [0.2, 0.25) is 0 Å². The molecule has 0 spiro atoms. The topological polar surface area (TPSA) is 42.4 Å². The summed E-state index contributed by atoms with van der Waals surface area (Å²) in [7, 11) is 0. The second-order valence-electron chi connectivity index (χ2n) is 8.32. The number of aromatic nitrogens is 1. The molecule has 0 bridgehead atoms. The minimum absolute atomic E-state index is 0.402. The summed E-state index contributed by atoms with van der Waals surface area (Å²) >= 11 is 6.16. The van der Waals surface area contributed by atoms with E-state index in [4.69, 9.17) is 21.3 Å². The summed E-state index contributed by atoms with van der Waals surface area (Å²) in [6.07, 6.45) is 1.49. The average Bonchev–Trinajstić information content (AvgIpc) is 2.85. The average molecular weight is 470 g/mol. The van der Waals surface area contributed by atoms with Crippen LogP contribution in [0, 0.1) is 18.8 Å². The number of rotatable bonds is 7. The standard InChI is InChI=1S/C30H28ClNO2/c1-3-4-18-34-29(33)20-27-21(2)19-28-26(30(27)23-11-13-24(31)14-12-23)17-16-25(32-28)15-10-22-8-6-5-7-9-22/h5-9,11-14,16-17,19,29,33H,3-4,18,20H2,1-2H3. The van der Waals surface area contributed by atoms with Gasteiger partial charge in [-0.1, -0.05) is 61.2 Å². The van der Waals surface area contributed by atoms with Gasteiger partial charge in [0.15, 0.2) is 6.29 Å². The van der Waals surface area contributed by atoms with E-state index in [0.717, 1.165) is 51.6 Å². The molecule has 1 N–H and O–H groups in total. The van der Waals surface area contributed by atoms with Gasteiger partial charge in [0.1, 0.15) is 5.69 Å². The quantitative estimate of drug-likeness (QED) is 0.181. The van der Waals surface area contributed by atoms with Crippen LogP contribution in [0.3, 0.4) is 0 Å². The maximum atomic E-state index is 10.6. The van der Waals surface area contributed by atoms with Crippen LogP contribution in [0.4, 0.5) is 0 Å². The number of aliphatic hydroxyl groups excluding tert-OH is 1. The number of nitrogens with zero attached hydrogens (tertiary/aromatic N) is 1. The molecular weight excluding hydrogens is 442 g/mol. The van der Waals surface area contributed by atoms with E-state index in [0.29, 0.717) is 23.7 Å². The van der Waals surface area contributed by atoms with Gasteiger partial charge in [0.05, 0.1) is 5.52 Å². The molecule has 4 aromatic rings. The van der Waals surface area contributed by atoms with Crippen molar-refractivity contribution in [3.8, 4) is 23.0 Å². The van der Waals surface area contributed by atoms with E-state index >= 15 is 0 Å². The molecule has 1 aromatic heterocycles. The fourth-order valence-corrected chi connectivity index (χ4v) is 4.11. The third-order valence-electron chi connectivity index (χ3n) is 5.75. The fourth-order valence-electron chi connectivity index (χ4n) is 3.98. The fraction of sp³-hybridized carbons (Fsp3) is 0.233. The van der Waals surface area contributed by atoms with Crippen LogP contribution in [-0.4, -0.2) is 23.0 Å². The van der Waals surface area contributed by atoms with Crippen molar-refractivity contribution in [2.75, 3.05) is 6.61 Å². The molecule has 0 amide bonds. The highest BCUT2D eigenvalue weighted by atomic mass is 35.5. The van der Waals surface area contributed by atoms with Crippen molar-refractivity contribution in [2.24, 2.45) is 0 Å². The highest BCUT2D eigenvalue weighted by Crippen LogP contribution is 2.35. The second-order valence-corrected chi connectivity index (χ2v) is 8.75. The first-order valence-corrected chi connectivity index (χ1v) is 12.0. The summed E-state index contributed by atoms with van der Waals surface area (Å²) < 4.78 is 5.66. The lowest BCUT2D eigenvalue weighted by Gasteiger charge is -2.19. The normalized spacial score (nSPS) is 11.8. The number of fused-ring (bicyclic) bond motifs is 1. The summed E-state index contributed by atoms with van der Waals surface area (Å²) in [5.41, 5.74) is 6.70. The minimum Gasteiger partial charge on any atom is -0.368 e. The lowest BCUT2D eigenvalue weighted by molar-refractivity contribution is -0.0980. The van der Waals surface area contributed by atoms with Crippen LogP contribution in [0.2, 0.25) is 5.02 Å². The number of benzene rings is 3. The lowest BCUT2D eigenvalue weighted by atomic mass is 9.90. The Morgan fingerprint density at radius 2 is 1.76 bits per heavy atom. The van der Waals surface area contributed by atoms with Crippen LogP contribution >= 0.6 is 11.6 Å². The summed E-state index contributed by atoms with van der Waals surface area (Å²) in [4.78, 5) is 4.84. The van der Waals surface area contributed by atoms with Crippen molar-refractivity contribution < 1.29 is 9.84 Å². The molecule has 0 aliphatic rings. The van der Waals surface area contributed by atoms with E-state index in [9.17, 15) is 5.11 Å². The summed E-state index contributed by atoms with van der Waals surface area (Å²) in [5.74, 6) is 6.35. The van der Waals surface area contributed by atoms with Crippen molar-refractivity contribution in [3.63, 3.8) is 0 Å². The molecule has 1 unspecified atom stereocenters. The molecule has 4 heteroatoms. The number of hydrogen-bond donors (Lipinski definition) is 1. The molecule has 3 aromatic carbocycles. The monoisotopic (exact) mass is 469 g/mol. The zero-order chi connectivity index (χ0) is 23.9. The molecule has 0 saturated carbocycles. The maximum absolute atomic E-state index is 10.6. The molecule has 0 fully saturated rings. The minimum atomic E-state index is -0.863. The van der Waals surface area contributed by atoms with E-state index < -0.39 is 6.29 Å². The number of unbranched alkanes of at least 4 members (excludes halogenated alkanes) is 1. The van der Waals surface area contributed by atoms with Gasteiger partial charge in [-0.25, -0.2) is 4.98 Å². The van der Waals surface area contributed by atoms with E-state index in [-0.39, 0.29) is 0 Å². The summed E-state index contributed by atoms with van der Waals surface area (Å²) in [5, 5.41) is 12.3. The largest absolute Gasteiger partial charge is 0.368 e. The number of aliphatic hydroxyl groups is 1. The first-order chi connectivity index (χ1) is 16.5. The number of aryl methyl sites for hydroxylation is 1. The Balaban J connectivity index is 1.78. The zero-order valence-electron chi connectivity index (χ0n) is 19.5. The number of ether oxygens (including phenoxy) is 1. The third kappa shape index (κ3) is 5.85.